The Hall–Kier alpha value is -2.75. The van der Waals surface area contributed by atoms with Crippen molar-refractivity contribution in [3.63, 3.8) is 0 Å². The number of nitrogens with one attached hydrogen (secondary N) is 1. The highest BCUT2D eigenvalue weighted by Crippen LogP contribution is 2.26. The fraction of sp³-hybridized carbons (Fsp3) is 0.286. The van der Waals surface area contributed by atoms with Gasteiger partial charge in [-0.05, 0) is 37.4 Å². The van der Waals surface area contributed by atoms with Crippen LogP contribution in [0.25, 0.3) is 10.9 Å². The molecule has 1 unspecified atom stereocenters. The van der Waals surface area contributed by atoms with E-state index in [9.17, 15) is 4.79 Å². The summed E-state index contributed by atoms with van der Waals surface area (Å²) in [6.45, 7) is 4.69. The molecular formula is C21H24N2O2. The topological polar surface area (TPSA) is 43.3 Å². The number of carbonyl (C=O) groups is 1. The van der Waals surface area contributed by atoms with Crippen molar-refractivity contribution < 1.29 is 9.53 Å². The molecule has 1 atom stereocenters. The van der Waals surface area contributed by atoms with Gasteiger partial charge in [-0.2, -0.15) is 0 Å². The SMILES string of the molecule is COc1ccc(C)cc1C(C)NC(=O)CCn1ccc2ccccc21. The molecule has 1 amide bonds. The molecule has 0 saturated carbocycles. The third kappa shape index (κ3) is 3.85. The lowest BCUT2D eigenvalue weighted by molar-refractivity contribution is -0.121. The summed E-state index contributed by atoms with van der Waals surface area (Å²) in [7, 11) is 1.65. The molecule has 0 fully saturated rings. The van der Waals surface area contributed by atoms with Crippen LogP contribution >= 0.6 is 0 Å². The number of carbonyl (C=O) groups excluding carboxylic acids is 1. The Balaban J connectivity index is 1.63. The first-order chi connectivity index (χ1) is 12.1. The summed E-state index contributed by atoms with van der Waals surface area (Å²) in [5.74, 6) is 0.837. The summed E-state index contributed by atoms with van der Waals surface area (Å²) in [5.41, 5.74) is 3.31. The zero-order valence-electron chi connectivity index (χ0n) is 15.0. The molecule has 0 bridgehead atoms. The van der Waals surface area contributed by atoms with Crippen molar-refractivity contribution in [2.45, 2.75) is 32.9 Å². The van der Waals surface area contributed by atoms with Gasteiger partial charge in [0.25, 0.3) is 0 Å². The number of para-hydroxylation sites is 1. The predicted molar refractivity (Wildman–Crippen MR) is 101 cm³/mol. The molecule has 4 nitrogen and oxygen atoms in total. The van der Waals surface area contributed by atoms with Gasteiger partial charge in [0.1, 0.15) is 5.75 Å². The standard InChI is InChI=1S/C21H24N2O2/c1-15-8-9-20(25-3)18(14-15)16(2)22-21(24)11-13-23-12-10-17-6-4-5-7-19(17)23/h4-10,12,14,16H,11,13H2,1-3H3,(H,22,24). The number of amides is 1. The van der Waals surface area contributed by atoms with Crippen LogP contribution in [0, 0.1) is 6.92 Å². The third-order valence-electron chi connectivity index (χ3n) is 4.49. The minimum Gasteiger partial charge on any atom is -0.496 e. The number of hydrogen-bond donors (Lipinski definition) is 1. The zero-order valence-corrected chi connectivity index (χ0v) is 15.0. The van der Waals surface area contributed by atoms with Gasteiger partial charge in [0.15, 0.2) is 0 Å². The number of fused-ring (bicyclic) bond motifs is 1. The van der Waals surface area contributed by atoms with Crippen molar-refractivity contribution in [1.29, 1.82) is 0 Å². The lowest BCUT2D eigenvalue weighted by Crippen LogP contribution is -2.27. The first-order valence-electron chi connectivity index (χ1n) is 8.56. The second-order valence-electron chi connectivity index (χ2n) is 6.35. The van der Waals surface area contributed by atoms with Crippen molar-refractivity contribution in [2.75, 3.05) is 7.11 Å². The molecule has 4 heteroatoms. The van der Waals surface area contributed by atoms with E-state index in [1.54, 1.807) is 7.11 Å². The van der Waals surface area contributed by atoms with E-state index in [4.69, 9.17) is 4.74 Å². The van der Waals surface area contributed by atoms with E-state index >= 15 is 0 Å². The van der Waals surface area contributed by atoms with Crippen molar-refractivity contribution in [1.82, 2.24) is 9.88 Å². The highest BCUT2D eigenvalue weighted by Gasteiger charge is 2.14. The van der Waals surface area contributed by atoms with Crippen molar-refractivity contribution in [3.05, 3.63) is 65.9 Å². The van der Waals surface area contributed by atoms with E-state index in [0.29, 0.717) is 13.0 Å². The van der Waals surface area contributed by atoms with E-state index in [2.05, 4.69) is 34.1 Å². The largest absolute Gasteiger partial charge is 0.496 e. The Labute approximate surface area is 148 Å². The Morgan fingerprint density at radius 2 is 2.00 bits per heavy atom. The minimum atomic E-state index is -0.0937. The molecule has 3 rings (SSSR count). The van der Waals surface area contributed by atoms with Crippen molar-refractivity contribution >= 4 is 16.8 Å². The fourth-order valence-electron chi connectivity index (χ4n) is 3.14. The van der Waals surface area contributed by atoms with Crippen LogP contribution in [-0.2, 0) is 11.3 Å². The first-order valence-corrected chi connectivity index (χ1v) is 8.56. The molecule has 0 aliphatic rings. The minimum absolute atomic E-state index is 0.0360. The number of rotatable bonds is 6. The van der Waals surface area contributed by atoms with Gasteiger partial charge in [0.2, 0.25) is 5.91 Å². The highest BCUT2D eigenvalue weighted by molar-refractivity contribution is 5.80. The van der Waals surface area contributed by atoms with Crippen LogP contribution in [-0.4, -0.2) is 17.6 Å². The quantitative estimate of drug-likeness (QED) is 0.732. The van der Waals surface area contributed by atoms with Crippen LogP contribution in [0.4, 0.5) is 0 Å². The normalized spacial score (nSPS) is 12.1. The molecule has 0 spiro atoms. The predicted octanol–water partition coefficient (Wildman–Crippen LogP) is 4.23. The lowest BCUT2D eigenvalue weighted by Gasteiger charge is -2.18. The molecule has 0 radical (unpaired) electrons. The molecule has 25 heavy (non-hydrogen) atoms. The second kappa shape index (κ2) is 7.43. The van der Waals surface area contributed by atoms with E-state index < -0.39 is 0 Å². The monoisotopic (exact) mass is 336 g/mol. The number of ether oxygens (including phenoxy) is 1. The van der Waals surface area contributed by atoms with Gasteiger partial charge in [-0.3, -0.25) is 4.79 Å². The molecule has 0 aliphatic heterocycles. The zero-order chi connectivity index (χ0) is 17.8. The fourth-order valence-corrected chi connectivity index (χ4v) is 3.14. The number of benzene rings is 2. The van der Waals surface area contributed by atoms with Crippen LogP contribution in [0.15, 0.2) is 54.7 Å². The van der Waals surface area contributed by atoms with E-state index in [1.165, 1.54) is 5.39 Å². The molecular weight excluding hydrogens is 312 g/mol. The van der Waals surface area contributed by atoms with Crippen LogP contribution in [0.5, 0.6) is 5.75 Å². The smallest absolute Gasteiger partial charge is 0.222 e. The van der Waals surface area contributed by atoms with Gasteiger partial charge in [0.05, 0.1) is 13.2 Å². The number of aryl methyl sites for hydroxylation is 2. The molecule has 1 N–H and O–H groups in total. The molecule has 1 aromatic heterocycles. The van der Waals surface area contributed by atoms with Crippen LogP contribution in [0.2, 0.25) is 0 Å². The van der Waals surface area contributed by atoms with Crippen molar-refractivity contribution in [2.24, 2.45) is 0 Å². The van der Waals surface area contributed by atoms with Gasteiger partial charge >= 0.3 is 0 Å². The first kappa shape index (κ1) is 17.1. The molecule has 1 heterocycles. The molecule has 0 saturated heterocycles. The number of aromatic nitrogens is 1. The average molecular weight is 336 g/mol. The summed E-state index contributed by atoms with van der Waals surface area (Å²) >= 11 is 0. The van der Waals surface area contributed by atoms with Gasteiger partial charge in [-0.15, -0.1) is 0 Å². The Bertz CT molecular complexity index is 882. The molecule has 130 valence electrons. The Kier molecular flexibility index (Phi) is 5.08. The van der Waals surface area contributed by atoms with Crippen LogP contribution < -0.4 is 10.1 Å². The second-order valence-corrected chi connectivity index (χ2v) is 6.35. The average Bonchev–Trinajstić information content (AvgIpc) is 3.03. The maximum absolute atomic E-state index is 12.4. The van der Waals surface area contributed by atoms with Gasteiger partial charge < -0.3 is 14.6 Å². The van der Waals surface area contributed by atoms with Crippen LogP contribution in [0.3, 0.4) is 0 Å². The number of hydrogen-bond acceptors (Lipinski definition) is 2. The molecule has 3 aromatic rings. The summed E-state index contributed by atoms with van der Waals surface area (Å²) in [5, 5.41) is 4.27. The van der Waals surface area contributed by atoms with Gasteiger partial charge in [-0.25, -0.2) is 0 Å². The van der Waals surface area contributed by atoms with E-state index in [-0.39, 0.29) is 11.9 Å². The van der Waals surface area contributed by atoms with Gasteiger partial charge in [0, 0.05) is 30.2 Å². The summed E-state index contributed by atoms with van der Waals surface area (Å²) in [4.78, 5) is 12.4. The number of nitrogens with zero attached hydrogens (tertiary/aromatic N) is 1. The van der Waals surface area contributed by atoms with Crippen LogP contribution in [0.1, 0.15) is 30.5 Å². The van der Waals surface area contributed by atoms with Crippen molar-refractivity contribution in [3.8, 4) is 5.75 Å². The Morgan fingerprint density at radius 1 is 1.20 bits per heavy atom. The maximum Gasteiger partial charge on any atom is 0.222 e. The lowest BCUT2D eigenvalue weighted by atomic mass is 10.0. The summed E-state index contributed by atoms with van der Waals surface area (Å²) in [6.07, 6.45) is 2.47. The third-order valence-corrected chi connectivity index (χ3v) is 4.49. The Morgan fingerprint density at radius 3 is 2.80 bits per heavy atom. The highest BCUT2D eigenvalue weighted by atomic mass is 16.5. The molecule has 2 aromatic carbocycles. The number of methoxy groups -OCH3 is 1. The summed E-state index contributed by atoms with van der Waals surface area (Å²) in [6, 6.07) is 16.2. The van der Waals surface area contributed by atoms with Gasteiger partial charge in [-0.1, -0.05) is 35.9 Å². The maximum atomic E-state index is 12.4. The van der Waals surface area contributed by atoms with E-state index in [0.717, 1.165) is 22.4 Å². The van der Waals surface area contributed by atoms with E-state index in [1.807, 2.05) is 44.3 Å². The summed E-state index contributed by atoms with van der Waals surface area (Å²) < 4.78 is 7.53. The molecule has 0 aliphatic carbocycles.